The van der Waals surface area contributed by atoms with Gasteiger partial charge in [0.2, 0.25) is 0 Å². The van der Waals surface area contributed by atoms with Gasteiger partial charge in [-0.05, 0) is 23.9 Å². The average molecular weight is 300 g/mol. The fourth-order valence-electron chi connectivity index (χ4n) is 1.24. The van der Waals surface area contributed by atoms with E-state index < -0.39 is 11.5 Å². The number of aromatic carboxylic acids is 1. The first-order valence-corrected chi connectivity index (χ1v) is 6.14. The Morgan fingerprint density at radius 2 is 2.11 bits per heavy atom. The van der Waals surface area contributed by atoms with Crippen LogP contribution in [0, 0.1) is 0 Å². The molecule has 0 unspecified atom stereocenters. The van der Waals surface area contributed by atoms with E-state index in [9.17, 15) is 18.0 Å². The van der Waals surface area contributed by atoms with E-state index in [-0.39, 0.29) is 40.3 Å². The number of carboxylic acid groups (broad SMARTS) is 1. The molecule has 2 N–H and O–H groups in total. The summed E-state index contributed by atoms with van der Waals surface area (Å²) in [5.41, 5.74) is -4.22. The standard InChI is InChI=1S/C10H9ClF3NO2S/c11-6-2-1-3-7(8(6)9(16)17)15-4-5-18-10(12,13)14/h1-3,15H,4-5H2,(H,16,17). The van der Waals surface area contributed by atoms with Gasteiger partial charge in [0.05, 0.1) is 10.7 Å². The lowest BCUT2D eigenvalue weighted by Gasteiger charge is -2.11. The van der Waals surface area contributed by atoms with Crippen molar-refractivity contribution in [3.63, 3.8) is 0 Å². The van der Waals surface area contributed by atoms with Crippen molar-refractivity contribution in [3.8, 4) is 0 Å². The summed E-state index contributed by atoms with van der Waals surface area (Å²) in [6, 6.07) is 4.38. The molecule has 0 bridgehead atoms. The second kappa shape index (κ2) is 6.19. The Morgan fingerprint density at radius 1 is 1.44 bits per heavy atom. The fourth-order valence-corrected chi connectivity index (χ4v) is 1.93. The Hall–Kier alpha value is -1.08. The van der Waals surface area contributed by atoms with Gasteiger partial charge in [-0.2, -0.15) is 13.2 Å². The van der Waals surface area contributed by atoms with Crippen LogP contribution in [0.4, 0.5) is 18.9 Å². The molecule has 0 radical (unpaired) electrons. The number of thioether (sulfide) groups is 1. The average Bonchev–Trinajstić information content (AvgIpc) is 2.22. The summed E-state index contributed by atoms with van der Waals surface area (Å²) >= 11 is 5.53. The topological polar surface area (TPSA) is 49.3 Å². The summed E-state index contributed by atoms with van der Waals surface area (Å²) in [6.07, 6.45) is 0. The summed E-state index contributed by atoms with van der Waals surface area (Å²) in [4.78, 5) is 10.9. The van der Waals surface area contributed by atoms with Crippen LogP contribution in [0.3, 0.4) is 0 Å². The number of hydrogen-bond donors (Lipinski definition) is 2. The normalized spacial score (nSPS) is 11.3. The highest BCUT2D eigenvalue weighted by molar-refractivity contribution is 8.00. The fraction of sp³-hybridized carbons (Fsp3) is 0.300. The van der Waals surface area contributed by atoms with E-state index in [4.69, 9.17) is 16.7 Å². The number of anilines is 1. The highest BCUT2D eigenvalue weighted by Crippen LogP contribution is 2.30. The Balaban J connectivity index is 2.63. The molecular formula is C10H9ClF3NO2S. The SMILES string of the molecule is O=C(O)c1c(Cl)cccc1NCCSC(F)(F)F. The minimum Gasteiger partial charge on any atom is -0.478 e. The van der Waals surface area contributed by atoms with Gasteiger partial charge in [-0.25, -0.2) is 4.79 Å². The molecule has 0 saturated heterocycles. The van der Waals surface area contributed by atoms with Crippen molar-refractivity contribution in [3.05, 3.63) is 28.8 Å². The van der Waals surface area contributed by atoms with Crippen LogP contribution >= 0.6 is 23.4 Å². The molecule has 0 fully saturated rings. The highest BCUT2D eigenvalue weighted by Gasteiger charge is 2.27. The lowest BCUT2D eigenvalue weighted by Crippen LogP contribution is -2.12. The smallest absolute Gasteiger partial charge is 0.441 e. The zero-order valence-corrected chi connectivity index (χ0v) is 10.5. The van der Waals surface area contributed by atoms with Crippen molar-refractivity contribution in [2.45, 2.75) is 5.51 Å². The minimum absolute atomic E-state index is 0.00913. The molecule has 0 amide bonds. The maximum Gasteiger partial charge on any atom is 0.441 e. The number of hydrogen-bond acceptors (Lipinski definition) is 3. The Bertz CT molecular complexity index is 440. The summed E-state index contributed by atoms with van der Waals surface area (Å²) < 4.78 is 35.6. The van der Waals surface area contributed by atoms with E-state index in [0.717, 1.165) is 0 Å². The van der Waals surface area contributed by atoms with Gasteiger partial charge in [-0.1, -0.05) is 17.7 Å². The van der Waals surface area contributed by atoms with Crippen LogP contribution in [0.25, 0.3) is 0 Å². The van der Waals surface area contributed by atoms with Gasteiger partial charge >= 0.3 is 11.5 Å². The molecule has 0 saturated carbocycles. The third kappa shape index (κ3) is 4.66. The van der Waals surface area contributed by atoms with Gasteiger partial charge in [0, 0.05) is 12.3 Å². The van der Waals surface area contributed by atoms with Crippen molar-refractivity contribution < 1.29 is 23.1 Å². The molecular weight excluding hydrogens is 291 g/mol. The first kappa shape index (κ1) is 15.0. The molecule has 0 aliphatic heterocycles. The van der Waals surface area contributed by atoms with Crippen molar-refractivity contribution in [1.29, 1.82) is 0 Å². The van der Waals surface area contributed by atoms with Crippen LogP contribution < -0.4 is 5.32 Å². The first-order chi connectivity index (χ1) is 8.31. The Kier molecular flexibility index (Phi) is 5.15. The summed E-state index contributed by atoms with van der Waals surface area (Å²) in [6.45, 7) is -0.00913. The van der Waals surface area contributed by atoms with E-state index in [1.165, 1.54) is 18.2 Å². The molecule has 1 aromatic rings. The highest BCUT2D eigenvalue weighted by atomic mass is 35.5. The molecule has 0 heterocycles. The third-order valence-corrected chi connectivity index (χ3v) is 2.96. The van der Waals surface area contributed by atoms with E-state index in [2.05, 4.69) is 5.32 Å². The Morgan fingerprint density at radius 3 is 2.67 bits per heavy atom. The second-order valence-corrected chi connectivity index (χ2v) is 4.76. The molecule has 1 aromatic carbocycles. The number of halogens is 4. The van der Waals surface area contributed by atoms with Crippen molar-refractivity contribution in [2.24, 2.45) is 0 Å². The minimum atomic E-state index is -4.29. The van der Waals surface area contributed by atoms with Crippen LogP contribution in [0.1, 0.15) is 10.4 Å². The molecule has 8 heteroatoms. The van der Waals surface area contributed by atoms with Gasteiger partial charge in [-0.15, -0.1) is 0 Å². The van der Waals surface area contributed by atoms with Gasteiger partial charge in [0.25, 0.3) is 0 Å². The molecule has 3 nitrogen and oxygen atoms in total. The van der Waals surface area contributed by atoms with Crippen molar-refractivity contribution in [2.75, 3.05) is 17.6 Å². The van der Waals surface area contributed by atoms with Gasteiger partial charge in [-0.3, -0.25) is 0 Å². The maximum absolute atomic E-state index is 11.9. The van der Waals surface area contributed by atoms with Crippen molar-refractivity contribution >= 4 is 35.0 Å². The first-order valence-electron chi connectivity index (χ1n) is 4.77. The zero-order valence-electron chi connectivity index (χ0n) is 8.92. The van der Waals surface area contributed by atoms with Crippen LogP contribution in [0.15, 0.2) is 18.2 Å². The van der Waals surface area contributed by atoms with Gasteiger partial charge in [0.15, 0.2) is 0 Å². The summed E-state index contributed by atoms with van der Waals surface area (Å²) in [5, 5.41) is 11.6. The Labute approximate surface area is 110 Å². The molecule has 0 aliphatic carbocycles. The van der Waals surface area contributed by atoms with Gasteiger partial charge < -0.3 is 10.4 Å². The summed E-state index contributed by atoms with van der Waals surface area (Å²) in [7, 11) is 0. The van der Waals surface area contributed by atoms with Crippen LogP contribution in [-0.2, 0) is 0 Å². The number of alkyl halides is 3. The molecule has 0 atom stereocenters. The number of benzene rings is 1. The van der Waals surface area contributed by atoms with E-state index in [0.29, 0.717) is 0 Å². The summed E-state index contributed by atoms with van der Waals surface area (Å²) in [5.74, 6) is -1.44. The predicted molar refractivity (Wildman–Crippen MR) is 65.4 cm³/mol. The monoisotopic (exact) mass is 299 g/mol. The van der Waals surface area contributed by atoms with Crippen LogP contribution in [-0.4, -0.2) is 28.9 Å². The van der Waals surface area contributed by atoms with E-state index >= 15 is 0 Å². The molecule has 0 aromatic heterocycles. The second-order valence-electron chi connectivity index (χ2n) is 3.19. The third-order valence-electron chi connectivity index (χ3n) is 1.91. The van der Waals surface area contributed by atoms with Crippen LogP contribution in [0.5, 0.6) is 0 Å². The lowest BCUT2D eigenvalue weighted by molar-refractivity contribution is -0.0327. The van der Waals surface area contributed by atoms with E-state index in [1.807, 2.05) is 0 Å². The maximum atomic E-state index is 11.9. The zero-order chi connectivity index (χ0) is 13.8. The number of nitrogens with one attached hydrogen (secondary N) is 1. The molecule has 18 heavy (non-hydrogen) atoms. The largest absolute Gasteiger partial charge is 0.478 e. The predicted octanol–water partition coefficient (Wildman–Crippen LogP) is 3.70. The number of carbonyl (C=O) groups is 1. The van der Waals surface area contributed by atoms with Crippen molar-refractivity contribution in [1.82, 2.24) is 0 Å². The molecule has 1 rings (SSSR count). The lowest BCUT2D eigenvalue weighted by atomic mass is 10.2. The van der Waals surface area contributed by atoms with Crippen LogP contribution in [0.2, 0.25) is 5.02 Å². The quantitative estimate of drug-likeness (QED) is 0.814. The van der Waals surface area contributed by atoms with Gasteiger partial charge in [0.1, 0.15) is 5.56 Å². The molecule has 0 spiro atoms. The van der Waals surface area contributed by atoms with E-state index in [1.54, 1.807) is 0 Å². The number of carboxylic acids is 1. The molecule has 100 valence electrons. The molecule has 0 aliphatic rings. The number of rotatable bonds is 5.